The minimum atomic E-state index is -4.39. The third-order valence-corrected chi connectivity index (χ3v) is 3.73. The molecule has 0 aliphatic carbocycles. The Bertz CT molecular complexity index is 723. The van der Waals surface area contributed by atoms with Crippen LogP contribution >= 0.6 is 0 Å². The first kappa shape index (κ1) is 19.6. The Labute approximate surface area is 150 Å². The van der Waals surface area contributed by atoms with E-state index in [9.17, 15) is 18.0 Å². The molecule has 0 saturated carbocycles. The molecule has 2 amide bonds. The van der Waals surface area contributed by atoms with Crippen molar-refractivity contribution in [2.75, 3.05) is 18.5 Å². The van der Waals surface area contributed by atoms with E-state index in [4.69, 9.17) is 4.74 Å². The summed E-state index contributed by atoms with van der Waals surface area (Å²) in [4.78, 5) is 11.8. The van der Waals surface area contributed by atoms with E-state index < -0.39 is 17.8 Å². The highest BCUT2D eigenvalue weighted by Gasteiger charge is 2.29. The maximum absolute atomic E-state index is 12.5. The maximum atomic E-state index is 12.5. The second-order valence-electron chi connectivity index (χ2n) is 5.88. The first-order chi connectivity index (χ1) is 12.3. The SMILES string of the molecule is Cc1cccc(C)c1OCCCNC(=O)Nc1ccc(C(F)(F)F)cc1. The summed E-state index contributed by atoms with van der Waals surface area (Å²) >= 11 is 0. The normalized spacial score (nSPS) is 11.1. The number of para-hydroxylation sites is 1. The lowest BCUT2D eigenvalue weighted by Gasteiger charge is -2.12. The molecule has 0 heterocycles. The van der Waals surface area contributed by atoms with E-state index in [1.807, 2.05) is 32.0 Å². The summed E-state index contributed by atoms with van der Waals surface area (Å²) in [6.07, 6.45) is -3.79. The van der Waals surface area contributed by atoms with Gasteiger partial charge >= 0.3 is 12.2 Å². The highest BCUT2D eigenvalue weighted by molar-refractivity contribution is 5.89. The smallest absolute Gasteiger partial charge is 0.416 e. The van der Waals surface area contributed by atoms with Crippen LogP contribution in [-0.4, -0.2) is 19.2 Å². The van der Waals surface area contributed by atoms with Crippen molar-refractivity contribution >= 4 is 11.7 Å². The molecular formula is C19H21F3N2O2. The lowest BCUT2D eigenvalue weighted by Crippen LogP contribution is -2.30. The number of carbonyl (C=O) groups is 1. The summed E-state index contributed by atoms with van der Waals surface area (Å²) in [5.41, 5.74) is 1.64. The number of ether oxygens (including phenoxy) is 1. The highest BCUT2D eigenvalue weighted by atomic mass is 19.4. The average Bonchev–Trinajstić information content (AvgIpc) is 2.56. The lowest BCUT2D eigenvalue weighted by atomic mass is 10.1. The van der Waals surface area contributed by atoms with Crippen LogP contribution in [0.25, 0.3) is 0 Å². The summed E-state index contributed by atoms with van der Waals surface area (Å²) in [5, 5.41) is 5.13. The summed E-state index contributed by atoms with van der Waals surface area (Å²) in [6.45, 7) is 4.78. The standard InChI is InChI=1S/C19H21F3N2O2/c1-13-5-3-6-14(2)17(13)26-12-4-11-23-18(25)24-16-9-7-15(8-10-16)19(20,21)22/h3,5-10H,4,11-12H2,1-2H3,(H2,23,24,25). The fraction of sp³-hybridized carbons (Fsp3) is 0.316. The lowest BCUT2D eigenvalue weighted by molar-refractivity contribution is -0.137. The van der Waals surface area contributed by atoms with Gasteiger partial charge in [0.05, 0.1) is 12.2 Å². The number of hydrogen-bond acceptors (Lipinski definition) is 2. The van der Waals surface area contributed by atoms with Gasteiger partial charge in [-0.05, 0) is 55.7 Å². The zero-order valence-corrected chi connectivity index (χ0v) is 14.6. The predicted octanol–water partition coefficient (Wildman–Crippen LogP) is 4.91. The molecule has 0 saturated heterocycles. The first-order valence-electron chi connectivity index (χ1n) is 8.18. The molecule has 0 atom stereocenters. The molecule has 140 valence electrons. The number of rotatable bonds is 6. The third-order valence-electron chi connectivity index (χ3n) is 3.73. The summed E-state index contributed by atoms with van der Waals surface area (Å²) < 4.78 is 43.2. The van der Waals surface area contributed by atoms with Crippen molar-refractivity contribution in [3.63, 3.8) is 0 Å². The number of halogens is 3. The van der Waals surface area contributed by atoms with Crippen LogP contribution in [0.3, 0.4) is 0 Å². The van der Waals surface area contributed by atoms with Crippen LogP contribution in [-0.2, 0) is 6.18 Å². The maximum Gasteiger partial charge on any atom is 0.416 e. The number of alkyl halides is 3. The Morgan fingerprint density at radius 1 is 1.04 bits per heavy atom. The molecule has 7 heteroatoms. The zero-order valence-electron chi connectivity index (χ0n) is 14.6. The molecule has 2 rings (SSSR count). The number of hydrogen-bond donors (Lipinski definition) is 2. The number of aryl methyl sites for hydroxylation is 2. The molecule has 2 N–H and O–H groups in total. The molecule has 2 aromatic rings. The number of benzene rings is 2. The minimum Gasteiger partial charge on any atom is -0.493 e. The molecule has 0 bridgehead atoms. The quantitative estimate of drug-likeness (QED) is 0.714. The van der Waals surface area contributed by atoms with Crippen LogP contribution < -0.4 is 15.4 Å². The molecule has 4 nitrogen and oxygen atoms in total. The number of carbonyl (C=O) groups excluding carboxylic acids is 1. The predicted molar refractivity (Wildman–Crippen MR) is 94.5 cm³/mol. The molecule has 0 radical (unpaired) electrons. The van der Waals surface area contributed by atoms with Crippen LogP contribution in [0.1, 0.15) is 23.1 Å². The number of anilines is 1. The van der Waals surface area contributed by atoms with Crippen LogP contribution in [0.2, 0.25) is 0 Å². The molecule has 0 spiro atoms. The molecule has 0 fully saturated rings. The molecule has 0 aliphatic heterocycles. The van der Waals surface area contributed by atoms with E-state index in [1.54, 1.807) is 0 Å². The number of urea groups is 1. The van der Waals surface area contributed by atoms with Crippen molar-refractivity contribution in [1.82, 2.24) is 5.32 Å². The molecular weight excluding hydrogens is 345 g/mol. The monoisotopic (exact) mass is 366 g/mol. The highest BCUT2D eigenvalue weighted by Crippen LogP contribution is 2.29. The van der Waals surface area contributed by atoms with E-state index in [1.165, 1.54) is 12.1 Å². The fourth-order valence-electron chi connectivity index (χ4n) is 2.39. The Kier molecular flexibility index (Phi) is 6.49. The average molecular weight is 366 g/mol. The summed E-state index contributed by atoms with van der Waals surface area (Å²) in [7, 11) is 0. The van der Waals surface area contributed by atoms with Gasteiger partial charge in [0.25, 0.3) is 0 Å². The van der Waals surface area contributed by atoms with Crippen molar-refractivity contribution in [2.24, 2.45) is 0 Å². The molecule has 0 unspecified atom stereocenters. The topological polar surface area (TPSA) is 50.4 Å². The first-order valence-corrected chi connectivity index (χ1v) is 8.18. The fourth-order valence-corrected chi connectivity index (χ4v) is 2.39. The van der Waals surface area contributed by atoms with Crippen molar-refractivity contribution in [2.45, 2.75) is 26.4 Å². The Morgan fingerprint density at radius 2 is 1.65 bits per heavy atom. The third kappa shape index (κ3) is 5.68. The van der Waals surface area contributed by atoms with Crippen molar-refractivity contribution in [3.8, 4) is 5.75 Å². The van der Waals surface area contributed by atoms with Crippen molar-refractivity contribution < 1.29 is 22.7 Å². The molecule has 0 aromatic heterocycles. The van der Waals surface area contributed by atoms with Gasteiger partial charge in [0.1, 0.15) is 5.75 Å². The van der Waals surface area contributed by atoms with Gasteiger partial charge in [-0.2, -0.15) is 13.2 Å². The minimum absolute atomic E-state index is 0.294. The van der Waals surface area contributed by atoms with Crippen LogP contribution in [0, 0.1) is 13.8 Å². The van der Waals surface area contributed by atoms with E-state index in [-0.39, 0.29) is 0 Å². The van der Waals surface area contributed by atoms with Gasteiger partial charge < -0.3 is 15.4 Å². The second-order valence-corrected chi connectivity index (χ2v) is 5.88. The Hall–Kier alpha value is -2.70. The Balaban J connectivity index is 1.71. The molecule has 0 aliphatic rings. The van der Waals surface area contributed by atoms with Crippen molar-refractivity contribution in [1.29, 1.82) is 0 Å². The van der Waals surface area contributed by atoms with Gasteiger partial charge in [-0.15, -0.1) is 0 Å². The van der Waals surface area contributed by atoms with E-state index in [0.717, 1.165) is 29.0 Å². The van der Waals surface area contributed by atoms with Gasteiger partial charge in [0.2, 0.25) is 0 Å². The molecule has 2 aromatic carbocycles. The van der Waals surface area contributed by atoms with Gasteiger partial charge in [-0.25, -0.2) is 4.79 Å². The second kappa shape index (κ2) is 8.60. The number of nitrogens with one attached hydrogen (secondary N) is 2. The molecule has 26 heavy (non-hydrogen) atoms. The van der Waals surface area contributed by atoms with Crippen LogP contribution in [0.5, 0.6) is 5.75 Å². The summed E-state index contributed by atoms with van der Waals surface area (Å²) in [6, 6.07) is 9.71. The van der Waals surface area contributed by atoms with E-state index in [2.05, 4.69) is 10.6 Å². The van der Waals surface area contributed by atoms with E-state index in [0.29, 0.717) is 25.3 Å². The van der Waals surface area contributed by atoms with Gasteiger partial charge in [0.15, 0.2) is 0 Å². The van der Waals surface area contributed by atoms with Gasteiger partial charge in [0, 0.05) is 12.2 Å². The van der Waals surface area contributed by atoms with Gasteiger partial charge in [-0.1, -0.05) is 18.2 Å². The van der Waals surface area contributed by atoms with E-state index >= 15 is 0 Å². The number of amides is 2. The van der Waals surface area contributed by atoms with Gasteiger partial charge in [-0.3, -0.25) is 0 Å². The zero-order chi connectivity index (χ0) is 19.2. The van der Waals surface area contributed by atoms with Crippen LogP contribution in [0.4, 0.5) is 23.7 Å². The summed E-state index contributed by atoms with van der Waals surface area (Å²) in [5.74, 6) is 0.849. The largest absolute Gasteiger partial charge is 0.493 e. The van der Waals surface area contributed by atoms with Crippen molar-refractivity contribution in [3.05, 3.63) is 59.2 Å². The Morgan fingerprint density at radius 3 is 2.23 bits per heavy atom. The van der Waals surface area contributed by atoms with Crippen LogP contribution in [0.15, 0.2) is 42.5 Å².